The van der Waals surface area contributed by atoms with Crippen LogP contribution in [0.3, 0.4) is 0 Å². The van der Waals surface area contributed by atoms with Gasteiger partial charge in [0.1, 0.15) is 5.75 Å². The lowest BCUT2D eigenvalue weighted by Gasteiger charge is -2.39. The summed E-state index contributed by atoms with van der Waals surface area (Å²) in [6.45, 7) is 13.7. The topological polar surface area (TPSA) is 29.5 Å². The predicted octanol–water partition coefficient (Wildman–Crippen LogP) is 5.64. The zero-order valence-corrected chi connectivity index (χ0v) is 17.4. The zero-order chi connectivity index (χ0) is 18.4. The summed E-state index contributed by atoms with van der Waals surface area (Å²) >= 11 is 0. The molecular formula is C22H30O2Si. The monoisotopic (exact) mass is 354 g/mol. The van der Waals surface area contributed by atoms with Crippen molar-refractivity contribution in [3.8, 4) is 16.9 Å². The molecule has 0 saturated heterocycles. The van der Waals surface area contributed by atoms with Crippen LogP contribution in [-0.2, 0) is 19.4 Å². The Hall–Kier alpha value is -1.58. The van der Waals surface area contributed by atoms with E-state index in [2.05, 4.69) is 59.0 Å². The van der Waals surface area contributed by atoms with E-state index in [0.29, 0.717) is 0 Å². The van der Waals surface area contributed by atoms with E-state index in [9.17, 15) is 5.11 Å². The number of aliphatic hydroxyl groups excluding tert-OH is 1. The molecule has 0 aliphatic heterocycles. The number of aryl methyl sites for hydroxylation is 1. The minimum absolute atomic E-state index is 0.0850. The summed E-state index contributed by atoms with van der Waals surface area (Å²) in [5.74, 6) is 1.10. The van der Waals surface area contributed by atoms with Crippen LogP contribution in [0.25, 0.3) is 11.1 Å². The van der Waals surface area contributed by atoms with E-state index in [0.717, 1.165) is 24.2 Å². The molecule has 2 nitrogen and oxygen atoms in total. The third-order valence-electron chi connectivity index (χ3n) is 5.90. The molecule has 25 heavy (non-hydrogen) atoms. The van der Waals surface area contributed by atoms with Gasteiger partial charge in [-0.2, -0.15) is 0 Å². The van der Waals surface area contributed by atoms with E-state index in [1.807, 2.05) is 12.1 Å². The summed E-state index contributed by atoms with van der Waals surface area (Å²) in [6.07, 6.45) is 2.22. The Morgan fingerprint density at radius 2 is 1.76 bits per heavy atom. The van der Waals surface area contributed by atoms with E-state index < -0.39 is 8.32 Å². The molecule has 0 spiro atoms. The van der Waals surface area contributed by atoms with E-state index in [4.69, 9.17) is 4.43 Å². The van der Waals surface area contributed by atoms with Gasteiger partial charge in [-0.25, -0.2) is 0 Å². The molecule has 1 aliphatic rings. The van der Waals surface area contributed by atoms with Crippen molar-refractivity contribution < 1.29 is 9.53 Å². The quantitative estimate of drug-likeness (QED) is 0.720. The summed E-state index contributed by atoms with van der Waals surface area (Å²) in [4.78, 5) is 0. The van der Waals surface area contributed by atoms with Gasteiger partial charge in [0.05, 0.1) is 6.61 Å². The molecule has 3 rings (SSSR count). The maximum Gasteiger partial charge on any atom is 0.250 e. The van der Waals surface area contributed by atoms with Crippen molar-refractivity contribution in [2.75, 3.05) is 0 Å². The highest BCUT2D eigenvalue weighted by Crippen LogP contribution is 2.45. The van der Waals surface area contributed by atoms with Gasteiger partial charge in [-0.05, 0) is 83.4 Å². The molecule has 134 valence electrons. The molecule has 0 unspecified atom stereocenters. The second-order valence-electron chi connectivity index (χ2n) is 8.74. The van der Waals surface area contributed by atoms with Crippen LogP contribution >= 0.6 is 0 Å². The fraction of sp³-hybridized carbons (Fsp3) is 0.455. The molecule has 1 aliphatic carbocycles. The number of benzene rings is 2. The Morgan fingerprint density at radius 3 is 2.32 bits per heavy atom. The van der Waals surface area contributed by atoms with Gasteiger partial charge in [0.15, 0.2) is 0 Å². The summed E-state index contributed by atoms with van der Waals surface area (Å²) in [7, 11) is -1.83. The third-order valence-corrected chi connectivity index (χ3v) is 10.2. The molecule has 0 fully saturated rings. The summed E-state index contributed by atoms with van der Waals surface area (Å²) < 4.78 is 6.64. The van der Waals surface area contributed by atoms with Crippen LogP contribution in [0.1, 0.15) is 43.0 Å². The predicted molar refractivity (Wildman–Crippen MR) is 108 cm³/mol. The molecule has 0 heterocycles. The Labute approximate surface area is 153 Å². The maximum atomic E-state index is 9.45. The Morgan fingerprint density at radius 1 is 1.08 bits per heavy atom. The average Bonchev–Trinajstić information content (AvgIpc) is 2.48. The normalized spacial score (nSPS) is 14.0. The van der Waals surface area contributed by atoms with Crippen LogP contribution in [0.15, 0.2) is 30.3 Å². The standard InChI is InChI=1S/C22H30O2Si/c1-15-12-20(24-25(5,6)22(2,3)4)18-10-11-19(18)21(15)17-9-7-8-16(13-17)14-23/h7-9,12-13,23H,10-11,14H2,1-6H3. The highest BCUT2D eigenvalue weighted by molar-refractivity contribution is 6.74. The lowest BCUT2D eigenvalue weighted by atomic mass is 9.79. The first-order valence-corrected chi connectivity index (χ1v) is 12.1. The van der Waals surface area contributed by atoms with Gasteiger partial charge in [0.25, 0.3) is 0 Å². The van der Waals surface area contributed by atoms with Crippen LogP contribution in [0, 0.1) is 6.92 Å². The van der Waals surface area contributed by atoms with E-state index in [-0.39, 0.29) is 11.6 Å². The SMILES string of the molecule is Cc1cc(O[Si](C)(C)C(C)(C)C)c2c(c1-c1cccc(CO)c1)CC2. The number of hydrogen-bond acceptors (Lipinski definition) is 2. The van der Waals surface area contributed by atoms with Crippen LogP contribution in [0.4, 0.5) is 0 Å². The van der Waals surface area contributed by atoms with Crippen molar-refractivity contribution in [2.24, 2.45) is 0 Å². The summed E-state index contributed by atoms with van der Waals surface area (Å²) in [6, 6.07) is 10.5. The molecule has 0 aromatic heterocycles. The maximum absolute atomic E-state index is 9.45. The molecule has 2 aromatic carbocycles. The number of hydrogen-bond donors (Lipinski definition) is 1. The summed E-state index contributed by atoms with van der Waals surface area (Å²) in [5, 5.41) is 9.65. The summed E-state index contributed by atoms with van der Waals surface area (Å²) in [5.41, 5.74) is 7.59. The zero-order valence-electron chi connectivity index (χ0n) is 16.4. The molecule has 0 saturated carbocycles. The molecule has 0 bridgehead atoms. The molecule has 0 atom stereocenters. The van der Waals surface area contributed by atoms with E-state index in [1.165, 1.54) is 27.8 Å². The Balaban J connectivity index is 2.05. The lowest BCUT2D eigenvalue weighted by molar-refractivity contribution is 0.282. The van der Waals surface area contributed by atoms with E-state index >= 15 is 0 Å². The van der Waals surface area contributed by atoms with Gasteiger partial charge < -0.3 is 9.53 Å². The largest absolute Gasteiger partial charge is 0.543 e. The van der Waals surface area contributed by atoms with Gasteiger partial charge in [-0.1, -0.05) is 39.0 Å². The van der Waals surface area contributed by atoms with Gasteiger partial charge in [-0.3, -0.25) is 0 Å². The van der Waals surface area contributed by atoms with Crippen LogP contribution in [0.2, 0.25) is 18.1 Å². The number of aliphatic hydroxyl groups is 1. The molecular weight excluding hydrogens is 324 g/mol. The van der Waals surface area contributed by atoms with Gasteiger partial charge in [-0.15, -0.1) is 0 Å². The number of fused-ring (bicyclic) bond motifs is 1. The minimum Gasteiger partial charge on any atom is -0.543 e. The lowest BCUT2D eigenvalue weighted by Crippen LogP contribution is -2.44. The highest BCUT2D eigenvalue weighted by Gasteiger charge is 2.40. The Kier molecular flexibility index (Phi) is 4.59. The van der Waals surface area contributed by atoms with Crippen LogP contribution in [0.5, 0.6) is 5.75 Å². The minimum atomic E-state index is -1.83. The van der Waals surface area contributed by atoms with Crippen molar-refractivity contribution in [3.05, 3.63) is 52.6 Å². The second kappa shape index (κ2) is 6.29. The Bertz CT molecular complexity index is 800. The van der Waals surface area contributed by atoms with Crippen molar-refractivity contribution in [3.63, 3.8) is 0 Å². The molecule has 3 heteroatoms. The van der Waals surface area contributed by atoms with Crippen LogP contribution < -0.4 is 4.43 Å². The van der Waals surface area contributed by atoms with Crippen molar-refractivity contribution in [1.82, 2.24) is 0 Å². The van der Waals surface area contributed by atoms with Crippen molar-refractivity contribution in [2.45, 2.75) is 65.3 Å². The first-order chi connectivity index (χ1) is 11.6. The molecule has 0 amide bonds. The molecule has 0 radical (unpaired) electrons. The second-order valence-corrected chi connectivity index (χ2v) is 13.5. The first kappa shape index (κ1) is 18.2. The van der Waals surface area contributed by atoms with Crippen molar-refractivity contribution >= 4 is 8.32 Å². The van der Waals surface area contributed by atoms with Gasteiger partial charge in [0, 0.05) is 0 Å². The van der Waals surface area contributed by atoms with Gasteiger partial charge in [0.2, 0.25) is 8.32 Å². The third kappa shape index (κ3) is 3.27. The fourth-order valence-electron chi connectivity index (χ4n) is 3.26. The van der Waals surface area contributed by atoms with Crippen molar-refractivity contribution in [1.29, 1.82) is 0 Å². The fourth-order valence-corrected chi connectivity index (χ4v) is 4.30. The number of rotatable bonds is 4. The smallest absolute Gasteiger partial charge is 0.250 e. The molecule has 1 N–H and O–H groups in total. The van der Waals surface area contributed by atoms with Gasteiger partial charge >= 0.3 is 0 Å². The highest BCUT2D eigenvalue weighted by atomic mass is 28.4. The van der Waals surface area contributed by atoms with E-state index in [1.54, 1.807) is 0 Å². The van der Waals surface area contributed by atoms with Crippen LogP contribution in [-0.4, -0.2) is 13.4 Å². The first-order valence-electron chi connectivity index (χ1n) is 9.18. The average molecular weight is 355 g/mol. The molecule has 2 aromatic rings.